The number of halogens is 1. The third-order valence-corrected chi connectivity index (χ3v) is 6.20. The fourth-order valence-corrected chi connectivity index (χ4v) is 4.23. The lowest BCUT2D eigenvalue weighted by atomic mass is 9.82. The van der Waals surface area contributed by atoms with E-state index in [2.05, 4.69) is 22.9 Å². The zero-order chi connectivity index (χ0) is 21.8. The van der Waals surface area contributed by atoms with Crippen molar-refractivity contribution in [3.8, 4) is 11.3 Å². The highest BCUT2D eigenvalue weighted by molar-refractivity contribution is 9.10. The molecule has 0 spiro atoms. The topological polar surface area (TPSA) is 59.8 Å². The lowest BCUT2D eigenvalue weighted by molar-refractivity contribution is -0.124. The number of hydrogen-bond acceptors (Lipinski definition) is 4. The molecule has 0 aliphatic heterocycles. The molecule has 0 radical (unpaired) electrons. The van der Waals surface area contributed by atoms with Crippen LogP contribution in [0, 0.1) is 11.8 Å². The number of carbonyl (C=O) groups excluding carboxylic acids is 2. The van der Waals surface area contributed by atoms with Gasteiger partial charge in [-0.15, -0.1) is 0 Å². The van der Waals surface area contributed by atoms with Crippen LogP contribution in [0.4, 0.5) is 5.88 Å². The van der Waals surface area contributed by atoms with Crippen LogP contribution in [0.3, 0.4) is 0 Å². The minimum atomic E-state index is -0.477. The molecule has 6 heteroatoms. The van der Waals surface area contributed by atoms with Crippen LogP contribution in [0.15, 0.2) is 39.2 Å². The molecule has 0 N–H and O–H groups in total. The number of rotatable bonds is 6. The van der Waals surface area contributed by atoms with Gasteiger partial charge in [-0.2, -0.15) is 0 Å². The van der Waals surface area contributed by atoms with Gasteiger partial charge in [-0.1, -0.05) is 35.0 Å². The van der Waals surface area contributed by atoms with Crippen LogP contribution in [0.1, 0.15) is 63.7 Å². The minimum Gasteiger partial charge on any atom is -0.462 e. The van der Waals surface area contributed by atoms with Crippen molar-refractivity contribution in [2.75, 3.05) is 11.5 Å². The fraction of sp³-hybridized carbons (Fsp3) is 0.500. The van der Waals surface area contributed by atoms with E-state index in [1.54, 1.807) is 17.9 Å². The molecule has 1 aromatic heterocycles. The highest BCUT2D eigenvalue weighted by atomic mass is 79.9. The summed E-state index contributed by atoms with van der Waals surface area (Å²) < 4.78 is 12.4. The third-order valence-electron chi connectivity index (χ3n) is 5.67. The van der Waals surface area contributed by atoms with Gasteiger partial charge in [0.15, 0.2) is 0 Å². The van der Waals surface area contributed by atoms with Gasteiger partial charge in [-0.3, -0.25) is 9.69 Å². The number of hydrogen-bond donors (Lipinski definition) is 0. The van der Waals surface area contributed by atoms with Crippen LogP contribution >= 0.6 is 15.9 Å². The van der Waals surface area contributed by atoms with Gasteiger partial charge in [-0.05, 0) is 64.5 Å². The van der Waals surface area contributed by atoms with E-state index >= 15 is 0 Å². The van der Waals surface area contributed by atoms with Gasteiger partial charge in [0.1, 0.15) is 11.3 Å². The van der Waals surface area contributed by atoms with Crippen molar-refractivity contribution in [3.63, 3.8) is 0 Å². The predicted molar refractivity (Wildman–Crippen MR) is 122 cm³/mol. The smallest absolute Gasteiger partial charge is 0.343 e. The largest absolute Gasteiger partial charge is 0.462 e. The number of furan rings is 1. The Morgan fingerprint density at radius 2 is 1.80 bits per heavy atom. The average molecular weight is 476 g/mol. The summed E-state index contributed by atoms with van der Waals surface area (Å²) in [5.74, 6) is 0.986. The normalized spacial score (nSPS) is 19.0. The fourth-order valence-electron chi connectivity index (χ4n) is 3.96. The highest BCUT2D eigenvalue weighted by Crippen LogP contribution is 2.37. The van der Waals surface area contributed by atoms with E-state index < -0.39 is 5.97 Å². The van der Waals surface area contributed by atoms with Crippen LogP contribution in [-0.2, 0) is 9.53 Å². The molecule has 1 heterocycles. The number of amides is 1. The standard InChI is InChI=1S/C24H30BrNO4/c1-5-29-24(28)20-14-21(17-10-12-19(25)13-11-17)30-23(20)26(15(2)3)22(27)18-8-6-16(4)7-9-18/h10-16,18H,5-9H2,1-4H3/t16-,18-. The molecule has 0 atom stereocenters. The van der Waals surface area contributed by atoms with Crippen molar-refractivity contribution in [3.05, 3.63) is 40.4 Å². The van der Waals surface area contributed by atoms with Gasteiger partial charge in [0.25, 0.3) is 0 Å². The lowest BCUT2D eigenvalue weighted by Crippen LogP contribution is -2.42. The summed E-state index contributed by atoms with van der Waals surface area (Å²) in [6.07, 6.45) is 3.85. The molecule has 3 rings (SSSR count). The summed E-state index contributed by atoms with van der Waals surface area (Å²) in [5, 5.41) is 0. The summed E-state index contributed by atoms with van der Waals surface area (Å²) in [4.78, 5) is 27.8. The van der Waals surface area contributed by atoms with E-state index in [0.29, 0.717) is 17.2 Å². The molecule has 1 amide bonds. The van der Waals surface area contributed by atoms with E-state index in [4.69, 9.17) is 9.15 Å². The Hall–Kier alpha value is -2.08. The Morgan fingerprint density at radius 1 is 1.17 bits per heavy atom. The van der Waals surface area contributed by atoms with Crippen molar-refractivity contribution in [1.29, 1.82) is 0 Å². The maximum Gasteiger partial charge on any atom is 0.343 e. The summed E-state index contributed by atoms with van der Waals surface area (Å²) >= 11 is 3.43. The molecule has 0 saturated heterocycles. The monoisotopic (exact) mass is 475 g/mol. The summed E-state index contributed by atoms with van der Waals surface area (Å²) in [6.45, 7) is 8.14. The van der Waals surface area contributed by atoms with Crippen LogP contribution in [-0.4, -0.2) is 24.5 Å². The van der Waals surface area contributed by atoms with E-state index in [-0.39, 0.29) is 30.4 Å². The zero-order valence-corrected chi connectivity index (χ0v) is 19.7. The van der Waals surface area contributed by atoms with Crippen molar-refractivity contribution in [2.45, 2.75) is 59.4 Å². The SMILES string of the molecule is CCOC(=O)c1cc(-c2ccc(Br)cc2)oc1N(C(=O)[C@H]1CC[C@H](C)CC1)C(C)C. The van der Waals surface area contributed by atoms with Crippen molar-refractivity contribution in [1.82, 2.24) is 0 Å². The van der Waals surface area contributed by atoms with Crippen molar-refractivity contribution in [2.24, 2.45) is 11.8 Å². The Balaban J connectivity index is 2.01. The number of nitrogens with zero attached hydrogens (tertiary/aromatic N) is 1. The zero-order valence-electron chi connectivity index (χ0n) is 18.1. The third kappa shape index (κ3) is 4.97. The first kappa shape index (κ1) is 22.6. The molecule has 1 aliphatic rings. The van der Waals surface area contributed by atoms with E-state index in [0.717, 1.165) is 35.7 Å². The Bertz CT molecular complexity index is 879. The van der Waals surface area contributed by atoms with E-state index in [1.807, 2.05) is 38.1 Å². The Morgan fingerprint density at radius 3 is 2.37 bits per heavy atom. The second kappa shape index (κ2) is 9.82. The number of carbonyl (C=O) groups is 2. The molecule has 1 aliphatic carbocycles. The minimum absolute atomic E-state index is 0.0270. The average Bonchev–Trinajstić information content (AvgIpc) is 3.14. The molecule has 0 bridgehead atoms. The van der Waals surface area contributed by atoms with Gasteiger partial charge >= 0.3 is 5.97 Å². The van der Waals surface area contributed by atoms with E-state index in [1.165, 1.54) is 0 Å². The number of benzene rings is 1. The van der Waals surface area contributed by atoms with Crippen molar-refractivity contribution >= 4 is 33.7 Å². The van der Waals surface area contributed by atoms with Crippen LogP contribution in [0.5, 0.6) is 0 Å². The molecule has 1 saturated carbocycles. The van der Waals surface area contributed by atoms with E-state index in [9.17, 15) is 9.59 Å². The van der Waals surface area contributed by atoms with Crippen LogP contribution in [0.25, 0.3) is 11.3 Å². The van der Waals surface area contributed by atoms with Gasteiger partial charge < -0.3 is 9.15 Å². The van der Waals surface area contributed by atoms with Gasteiger partial charge in [0.2, 0.25) is 11.8 Å². The molecule has 5 nitrogen and oxygen atoms in total. The first-order valence-electron chi connectivity index (χ1n) is 10.7. The molecule has 1 aromatic carbocycles. The maximum absolute atomic E-state index is 13.5. The van der Waals surface area contributed by atoms with Crippen molar-refractivity contribution < 1.29 is 18.7 Å². The summed E-state index contributed by atoms with van der Waals surface area (Å²) in [7, 11) is 0. The second-order valence-electron chi connectivity index (χ2n) is 8.32. The first-order valence-corrected chi connectivity index (χ1v) is 11.5. The Kier molecular flexibility index (Phi) is 7.40. The van der Waals surface area contributed by atoms with Gasteiger partial charge in [0.05, 0.1) is 6.61 Å². The van der Waals surface area contributed by atoms with Crippen LogP contribution in [0.2, 0.25) is 0 Å². The maximum atomic E-state index is 13.5. The summed E-state index contributed by atoms with van der Waals surface area (Å²) in [6, 6.07) is 9.18. The Labute approximate surface area is 186 Å². The number of ether oxygens (including phenoxy) is 1. The number of esters is 1. The molecular formula is C24H30BrNO4. The molecule has 1 fully saturated rings. The molecule has 30 heavy (non-hydrogen) atoms. The molecule has 0 unspecified atom stereocenters. The molecular weight excluding hydrogens is 446 g/mol. The number of anilines is 1. The van der Waals surface area contributed by atoms with Crippen LogP contribution < -0.4 is 4.90 Å². The van der Waals surface area contributed by atoms with Gasteiger partial charge in [0, 0.05) is 28.1 Å². The predicted octanol–water partition coefficient (Wildman–Crippen LogP) is 6.45. The summed E-state index contributed by atoms with van der Waals surface area (Å²) in [5.41, 5.74) is 1.12. The second-order valence-corrected chi connectivity index (χ2v) is 9.23. The van der Waals surface area contributed by atoms with Gasteiger partial charge in [-0.25, -0.2) is 4.79 Å². The first-order chi connectivity index (χ1) is 14.3. The highest BCUT2D eigenvalue weighted by Gasteiger charge is 2.35. The molecule has 162 valence electrons. The molecule has 2 aromatic rings. The lowest BCUT2D eigenvalue weighted by Gasteiger charge is -2.32. The quantitative estimate of drug-likeness (QED) is 0.450.